The van der Waals surface area contributed by atoms with Gasteiger partial charge in [-0.15, -0.1) is 0 Å². The minimum absolute atomic E-state index is 0.154. The Bertz CT molecular complexity index is 233. The summed E-state index contributed by atoms with van der Waals surface area (Å²) in [6, 6.07) is 0.154. The molecule has 0 aromatic rings. The molecule has 5 heteroatoms. The van der Waals surface area contributed by atoms with Gasteiger partial charge < -0.3 is 14.2 Å². The molecule has 2 unspecified atom stereocenters. The summed E-state index contributed by atoms with van der Waals surface area (Å²) in [7, 11) is 0. The highest BCUT2D eigenvalue weighted by Crippen LogP contribution is 2.34. The molecule has 0 amide bonds. The van der Waals surface area contributed by atoms with Crippen molar-refractivity contribution < 1.29 is 14.2 Å². The Morgan fingerprint density at radius 1 is 1.33 bits per heavy atom. The molecule has 106 valence electrons. The fourth-order valence-electron chi connectivity index (χ4n) is 3.30. The van der Waals surface area contributed by atoms with Crippen LogP contribution in [-0.2, 0) is 14.2 Å². The lowest BCUT2D eigenvalue weighted by Gasteiger charge is -2.46. The average molecular weight is 258 g/mol. The van der Waals surface area contributed by atoms with Crippen molar-refractivity contribution >= 4 is 0 Å². The number of rotatable bonds is 5. The molecule has 5 nitrogen and oxygen atoms in total. The molecule has 0 radical (unpaired) electrons. The highest BCUT2D eigenvalue weighted by molar-refractivity contribution is 4.98. The third kappa shape index (κ3) is 3.03. The first-order chi connectivity index (χ1) is 8.82. The largest absolute Gasteiger partial charge is 0.381 e. The van der Waals surface area contributed by atoms with Crippen molar-refractivity contribution in [2.24, 2.45) is 11.8 Å². The molecular formula is C13H26N2O3. The molecule has 0 aromatic carbocycles. The molecule has 2 aliphatic heterocycles. The van der Waals surface area contributed by atoms with E-state index in [0.717, 1.165) is 52.1 Å². The summed E-state index contributed by atoms with van der Waals surface area (Å²) in [5.74, 6) is 6.26. The van der Waals surface area contributed by atoms with Gasteiger partial charge in [-0.3, -0.25) is 11.3 Å². The maximum Gasteiger partial charge on any atom is 0.0895 e. The monoisotopic (exact) mass is 258 g/mol. The summed E-state index contributed by atoms with van der Waals surface area (Å²) in [5, 5.41) is 0. The van der Waals surface area contributed by atoms with Gasteiger partial charge in [-0.05, 0) is 19.8 Å². The van der Waals surface area contributed by atoms with Crippen LogP contribution in [0, 0.1) is 5.92 Å². The van der Waals surface area contributed by atoms with Gasteiger partial charge in [0.25, 0.3) is 0 Å². The van der Waals surface area contributed by atoms with Crippen molar-refractivity contribution in [3.8, 4) is 0 Å². The predicted molar refractivity (Wildman–Crippen MR) is 69.1 cm³/mol. The van der Waals surface area contributed by atoms with Crippen LogP contribution in [0.2, 0.25) is 0 Å². The molecule has 0 saturated carbocycles. The van der Waals surface area contributed by atoms with Gasteiger partial charge >= 0.3 is 0 Å². The maximum absolute atomic E-state index is 6.10. The van der Waals surface area contributed by atoms with Gasteiger partial charge in [-0.25, -0.2) is 0 Å². The molecule has 0 aromatic heterocycles. The number of nitrogens with two attached hydrogens (primary N) is 1. The van der Waals surface area contributed by atoms with Crippen LogP contribution in [0.5, 0.6) is 0 Å². The van der Waals surface area contributed by atoms with Gasteiger partial charge in [0.15, 0.2) is 0 Å². The van der Waals surface area contributed by atoms with Crippen LogP contribution in [0.25, 0.3) is 0 Å². The van der Waals surface area contributed by atoms with Gasteiger partial charge in [0.05, 0.1) is 18.2 Å². The zero-order valence-corrected chi connectivity index (χ0v) is 11.3. The lowest BCUT2D eigenvalue weighted by Crippen LogP contribution is -2.61. The van der Waals surface area contributed by atoms with Crippen LogP contribution in [0.3, 0.4) is 0 Å². The first kappa shape index (κ1) is 14.2. The Kier molecular flexibility index (Phi) is 5.38. The van der Waals surface area contributed by atoms with Crippen LogP contribution >= 0.6 is 0 Å². The van der Waals surface area contributed by atoms with Gasteiger partial charge in [-0.1, -0.05) is 0 Å². The van der Waals surface area contributed by atoms with E-state index in [-0.39, 0.29) is 11.6 Å². The smallest absolute Gasteiger partial charge is 0.0895 e. The number of hydrogen-bond donors (Lipinski definition) is 2. The second-order valence-electron chi connectivity index (χ2n) is 5.23. The van der Waals surface area contributed by atoms with E-state index in [9.17, 15) is 0 Å². The maximum atomic E-state index is 6.10. The van der Waals surface area contributed by atoms with Crippen molar-refractivity contribution in [1.82, 2.24) is 5.43 Å². The fourth-order valence-corrected chi connectivity index (χ4v) is 3.30. The number of nitrogens with one attached hydrogen (secondary N) is 1. The van der Waals surface area contributed by atoms with E-state index in [0.29, 0.717) is 12.5 Å². The van der Waals surface area contributed by atoms with Crippen LogP contribution in [0.1, 0.15) is 32.6 Å². The van der Waals surface area contributed by atoms with E-state index < -0.39 is 0 Å². The van der Waals surface area contributed by atoms with Crippen molar-refractivity contribution in [3.05, 3.63) is 0 Å². The summed E-state index contributed by atoms with van der Waals surface area (Å²) >= 11 is 0. The lowest BCUT2D eigenvalue weighted by atomic mass is 9.77. The zero-order chi connectivity index (χ0) is 12.8. The molecule has 2 atom stereocenters. The molecular weight excluding hydrogens is 232 g/mol. The van der Waals surface area contributed by atoms with E-state index in [1.807, 2.05) is 6.92 Å². The molecule has 3 N–H and O–H groups in total. The Labute approximate surface area is 109 Å². The van der Waals surface area contributed by atoms with Crippen LogP contribution in [0.4, 0.5) is 0 Å². The zero-order valence-electron chi connectivity index (χ0n) is 11.3. The van der Waals surface area contributed by atoms with Crippen molar-refractivity contribution in [2.75, 3.05) is 33.0 Å². The van der Waals surface area contributed by atoms with Crippen molar-refractivity contribution in [3.63, 3.8) is 0 Å². The van der Waals surface area contributed by atoms with Gasteiger partial charge in [0.1, 0.15) is 0 Å². The van der Waals surface area contributed by atoms with E-state index >= 15 is 0 Å². The standard InChI is InChI=1S/C13H26N2O3/c1-2-18-13(5-8-16-9-6-13)12(15-14)11-4-3-7-17-10-11/h11-12,15H,2-10,14H2,1H3. The first-order valence-electron chi connectivity index (χ1n) is 7.08. The Hall–Kier alpha value is -0.200. The van der Waals surface area contributed by atoms with E-state index in [1.165, 1.54) is 0 Å². The molecule has 2 aliphatic rings. The normalized spacial score (nSPS) is 30.0. The molecule has 2 fully saturated rings. The van der Waals surface area contributed by atoms with E-state index in [1.54, 1.807) is 0 Å². The molecule has 18 heavy (non-hydrogen) atoms. The lowest BCUT2D eigenvalue weighted by molar-refractivity contribution is -0.145. The van der Waals surface area contributed by atoms with Crippen LogP contribution in [0.15, 0.2) is 0 Å². The second-order valence-corrected chi connectivity index (χ2v) is 5.23. The first-order valence-corrected chi connectivity index (χ1v) is 7.08. The molecule has 0 spiro atoms. The molecule has 0 bridgehead atoms. The highest BCUT2D eigenvalue weighted by Gasteiger charge is 2.44. The minimum atomic E-state index is -0.187. The summed E-state index contributed by atoms with van der Waals surface area (Å²) in [5.41, 5.74) is 2.82. The third-order valence-electron chi connectivity index (χ3n) is 4.18. The SMILES string of the molecule is CCOC1(C(NN)C2CCCOC2)CCOCC1. The third-order valence-corrected chi connectivity index (χ3v) is 4.18. The number of ether oxygens (including phenoxy) is 3. The summed E-state index contributed by atoms with van der Waals surface area (Å²) in [6.45, 7) is 5.93. The van der Waals surface area contributed by atoms with Gasteiger partial charge in [-0.2, -0.15) is 0 Å². The molecule has 2 heterocycles. The van der Waals surface area contributed by atoms with Crippen LogP contribution < -0.4 is 11.3 Å². The van der Waals surface area contributed by atoms with Gasteiger partial charge in [0.2, 0.25) is 0 Å². The quantitative estimate of drug-likeness (QED) is 0.565. The van der Waals surface area contributed by atoms with Gasteiger partial charge in [0, 0.05) is 45.2 Å². The summed E-state index contributed by atoms with van der Waals surface area (Å²) in [4.78, 5) is 0. The second kappa shape index (κ2) is 6.82. The molecule has 2 rings (SSSR count). The topological polar surface area (TPSA) is 65.7 Å². The molecule has 2 saturated heterocycles. The summed E-state index contributed by atoms with van der Waals surface area (Å²) in [6.07, 6.45) is 4.09. The number of hydrogen-bond acceptors (Lipinski definition) is 5. The number of hydrazine groups is 1. The minimum Gasteiger partial charge on any atom is -0.381 e. The van der Waals surface area contributed by atoms with Crippen molar-refractivity contribution in [2.45, 2.75) is 44.2 Å². The summed E-state index contributed by atoms with van der Waals surface area (Å²) < 4.78 is 17.2. The van der Waals surface area contributed by atoms with E-state index in [2.05, 4.69) is 5.43 Å². The predicted octanol–water partition coefficient (Wildman–Crippen LogP) is 0.831. The average Bonchev–Trinajstić information content (AvgIpc) is 2.42. The fraction of sp³-hybridized carbons (Fsp3) is 1.00. The highest BCUT2D eigenvalue weighted by atomic mass is 16.5. The molecule has 0 aliphatic carbocycles. The van der Waals surface area contributed by atoms with E-state index in [4.69, 9.17) is 20.1 Å². The Morgan fingerprint density at radius 3 is 2.67 bits per heavy atom. The van der Waals surface area contributed by atoms with Crippen molar-refractivity contribution in [1.29, 1.82) is 0 Å². The Balaban J connectivity index is 2.09. The Morgan fingerprint density at radius 2 is 2.11 bits per heavy atom. The van der Waals surface area contributed by atoms with Crippen LogP contribution in [-0.4, -0.2) is 44.7 Å².